The van der Waals surface area contributed by atoms with Crippen molar-refractivity contribution in [2.24, 2.45) is 0 Å². The predicted molar refractivity (Wildman–Crippen MR) is 127 cm³/mol. The first kappa shape index (κ1) is 21.0. The van der Waals surface area contributed by atoms with Gasteiger partial charge in [0.25, 0.3) is 5.78 Å². The van der Waals surface area contributed by atoms with Crippen LogP contribution < -0.4 is 4.90 Å². The zero-order chi connectivity index (χ0) is 23.1. The van der Waals surface area contributed by atoms with Crippen molar-refractivity contribution in [1.29, 1.82) is 0 Å². The first-order valence-corrected chi connectivity index (χ1v) is 11.3. The van der Waals surface area contributed by atoms with Crippen LogP contribution in [0, 0.1) is 5.82 Å². The van der Waals surface area contributed by atoms with Crippen molar-refractivity contribution >= 4 is 44.1 Å². The molecule has 3 aromatic carbocycles. The lowest BCUT2D eigenvalue weighted by Gasteiger charge is -2.22. The predicted octanol–water partition coefficient (Wildman–Crippen LogP) is 5.62. The van der Waals surface area contributed by atoms with Crippen LogP contribution in [0.2, 0.25) is 0 Å². The minimum Gasteiger partial charge on any atom is -0.507 e. The van der Waals surface area contributed by atoms with Gasteiger partial charge in [0.15, 0.2) is 5.13 Å². The summed E-state index contributed by atoms with van der Waals surface area (Å²) in [7, 11) is 0. The smallest absolute Gasteiger partial charge is 0.301 e. The zero-order valence-electron chi connectivity index (χ0n) is 17.7. The SMILES string of the molecule is CCc1ccc2nc(N3C(=O)C(=O)C(=C(O)c4ccc(F)cc4)[C@H]3c3ccccc3)sc2c1. The molecule has 1 fully saturated rings. The third-order valence-corrected chi connectivity index (χ3v) is 6.75. The van der Waals surface area contributed by atoms with Crippen molar-refractivity contribution in [2.45, 2.75) is 19.4 Å². The van der Waals surface area contributed by atoms with E-state index in [9.17, 15) is 19.1 Å². The number of hydrogen-bond acceptors (Lipinski definition) is 5. The molecule has 0 aliphatic carbocycles. The second kappa shape index (κ2) is 8.26. The molecule has 1 atom stereocenters. The van der Waals surface area contributed by atoms with Crippen LogP contribution in [0.15, 0.2) is 78.4 Å². The third kappa shape index (κ3) is 3.60. The number of fused-ring (bicyclic) bond motifs is 1. The molecule has 164 valence electrons. The standard InChI is InChI=1S/C26H19FN2O3S/c1-2-15-8-13-19-20(14-15)33-26(28-19)29-22(16-6-4-3-5-7-16)21(24(31)25(29)32)23(30)17-9-11-18(27)12-10-17/h3-14,22,30H,2H2,1H3/t22-/m1/s1. The molecule has 0 radical (unpaired) electrons. The number of carbonyl (C=O) groups excluding carboxylic acids is 2. The van der Waals surface area contributed by atoms with Gasteiger partial charge in [0.1, 0.15) is 11.6 Å². The number of aliphatic hydroxyl groups excluding tert-OH is 1. The molecule has 1 N–H and O–H groups in total. The van der Waals surface area contributed by atoms with Crippen molar-refractivity contribution in [3.8, 4) is 0 Å². The third-order valence-electron chi connectivity index (χ3n) is 5.73. The van der Waals surface area contributed by atoms with Gasteiger partial charge in [-0.05, 0) is 53.9 Å². The maximum atomic E-state index is 13.4. The van der Waals surface area contributed by atoms with E-state index in [1.165, 1.54) is 40.5 Å². The topological polar surface area (TPSA) is 70.5 Å². The van der Waals surface area contributed by atoms with Crippen LogP contribution in [-0.2, 0) is 16.0 Å². The van der Waals surface area contributed by atoms with Crippen LogP contribution in [0.3, 0.4) is 0 Å². The molecule has 5 rings (SSSR count). The number of aromatic nitrogens is 1. The number of amides is 1. The van der Waals surface area contributed by atoms with Gasteiger partial charge in [-0.15, -0.1) is 0 Å². The quantitative estimate of drug-likeness (QED) is 0.245. The Kier molecular flexibility index (Phi) is 5.26. The number of aliphatic hydroxyl groups is 1. The Bertz CT molecular complexity index is 1410. The van der Waals surface area contributed by atoms with Gasteiger partial charge in [-0.25, -0.2) is 9.37 Å². The molecule has 1 amide bonds. The average Bonchev–Trinajstić information content (AvgIpc) is 3.37. The summed E-state index contributed by atoms with van der Waals surface area (Å²) < 4.78 is 14.3. The highest BCUT2D eigenvalue weighted by Gasteiger charge is 2.48. The van der Waals surface area contributed by atoms with Crippen LogP contribution in [-0.4, -0.2) is 21.8 Å². The Morgan fingerprint density at radius 3 is 2.48 bits per heavy atom. The minimum atomic E-state index is -0.859. The molecular weight excluding hydrogens is 439 g/mol. The molecule has 1 saturated heterocycles. The second-order valence-electron chi connectivity index (χ2n) is 7.74. The Hall–Kier alpha value is -3.84. The summed E-state index contributed by atoms with van der Waals surface area (Å²) in [5.41, 5.74) is 2.75. The van der Waals surface area contributed by atoms with E-state index in [0.29, 0.717) is 10.7 Å². The number of halogens is 1. The lowest BCUT2D eigenvalue weighted by Crippen LogP contribution is -2.29. The summed E-state index contributed by atoms with van der Waals surface area (Å²) in [6, 6.07) is 19.2. The molecule has 1 aliphatic rings. The van der Waals surface area contributed by atoms with E-state index < -0.39 is 23.5 Å². The van der Waals surface area contributed by atoms with Gasteiger partial charge < -0.3 is 5.11 Å². The maximum absolute atomic E-state index is 13.4. The van der Waals surface area contributed by atoms with Gasteiger partial charge in [0, 0.05) is 5.56 Å². The Balaban J connectivity index is 1.71. The highest BCUT2D eigenvalue weighted by molar-refractivity contribution is 7.22. The van der Waals surface area contributed by atoms with Gasteiger partial charge in [-0.2, -0.15) is 0 Å². The number of ketones is 1. The van der Waals surface area contributed by atoms with Crippen LogP contribution in [0.25, 0.3) is 16.0 Å². The van der Waals surface area contributed by atoms with Crippen molar-refractivity contribution < 1.29 is 19.1 Å². The van der Waals surface area contributed by atoms with Gasteiger partial charge in [-0.1, -0.05) is 54.7 Å². The number of benzene rings is 3. The summed E-state index contributed by atoms with van der Waals surface area (Å²) in [6.07, 6.45) is 0.870. The van der Waals surface area contributed by atoms with Crippen molar-refractivity contribution in [1.82, 2.24) is 4.98 Å². The van der Waals surface area contributed by atoms with E-state index in [1.807, 2.05) is 24.3 Å². The van der Waals surface area contributed by atoms with E-state index >= 15 is 0 Å². The fourth-order valence-electron chi connectivity index (χ4n) is 4.02. The summed E-state index contributed by atoms with van der Waals surface area (Å²) in [5, 5.41) is 11.4. The lowest BCUT2D eigenvalue weighted by atomic mass is 9.95. The van der Waals surface area contributed by atoms with Crippen molar-refractivity contribution in [3.63, 3.8) is 0 Å². The number of rotatable bonds is 4. The molecule has 0 bridgehead atoms. The Morgan fingerprint density at radius 2 is 1.79 bits per heavy atom. The van der Waals surface area contributed by atoms with Gasteiger partial charge in [0.05, 0.1) is 21.8 Å². The molecule has 1 aromatic heterocycles. The van der Waals surface area contributed by atoms with E-state index in [0.717, 1.165) is 22.2 Å². The van der Waals surface area contributed by atoms with Gasteiger partial charge in [-0.3, -0.25) is 14.5 Å². The number of nitrogens with zero attached hydrogens (tertiary/aromatic N) is 2. The number of Topliss-reactive ketones (excluding diaryl/α,β-unsaturated/α-hetero) is 1. The van der Waals surface area contributed by atoms with Crippen molar-refractivity contribution in [3.05, 3.63) is 101 Å². The average molecular weight is 459 g/mol. The second-order valence-corrected chi connectivity index (χ2v) is 8.75. The normalized spacial score (nSPS) is 17.8. The fourth-order valence-corrected chi connectivity index (χ4v) is 5.08. The first-order valence-electron chi connectivity index (χ1n) is 10.5. The molecule has 0 unspecified atom stereocenters. The van der Waals surface area contributed by atoms with Gasteiger partial charge in [0.2, 0.25) is 0 Å². The van der Waals surface area contributed by atoms with Crippen molar-refractivity contribution in [2.75, 3.05) is 4.90 Å². The minimum absolute atomic E-state index is 0.0497. The monoisotopic (exact) mass is 458 g/mol. The molecule has 2 heterocycles. The zero-order valence-corrected chi connectivity index (χ0v) is 18.5. The number of thiazole rings is 1. The molecule has 7 heteroatoms. The summed E-state index contributed by atoms with van der Waals surface area (Å²) in [6.45, 7) is 2.06. The highest BCUT2D eigenvalue weighted by atomic mass is 32.1. The lowest BCUT2D eigenvalue weighted by molar-refractivity contribution is -0.132. The summed E-state index contributed by atoms with van der Waals surface area (Å²) >= 11 is 1.33. The van der Waals surface area contributed by atoms with Crippen LogP contribution in [0.5, 0.6) is 0 Å². The highest BCUT2D eigenvalue weighted by Crippen LogP contribution is 2.44. The molecular formula is C26H19FN2O3S. The molecule has 33 heavy (non-hydrogen) atoms. The van der Waals surface area contributed by atoms with E-state index in [4.69, 9.17) is 0 Å². The number of anilines is 1. The molecule has 0 saturated carbocycles. The molecule has 0 spiro atoms. The van der Waals surface area contributed by atoms with Crippen LogP contribution in [0.4, 0.5) is 9.52 Å². The van der Waals surface area contributed by atoms with Crippen LogP contribution in [0.1, 0.15) is 29.7 Å². The van der Waals surface area contributed by atoms with E-state index in [-0.39, 0.29) is 16.9 Å². The van der Waals surface area contributed by atoms with Crippen LogP contribution >= 0.6 is 11.3 Å². The number of hydrogen-bond donors (Lipinski definition) is 1. The van der Waals surface area contributed by atoms with Gasteiger partial charge >= 0.3 is 5.91 Å². The largest absolute Gasteiger partial charge is 0.507 e. The fraction of sp³-hybridized carbons (Fsp3) is 0.115. The first-order chi connectivity index (χ1) is 16.0. The molecule has 5 nitrogen and oxygen atoms in total. The molecule has 4 aromatic rings. The Labute approximate surface area is 193 Å². The summed E-state index contributed by atoms with van der Waals surface area (Å²) in [4.78, 5) is 32.4. The van der Waals surface area contributed by atoms with E-state index in [1.54, 1.807) is 24.3 Å². The molecule has 1 aliphatic heterocycles. The Morgan fingerprint density at radius 1 is 1.06 bits per heavy atom. The van der Waals surface area contributed by atoms with E-state index in [2.05, 4.69) is 11.9 Å². The number of aryl methyl sites for hydroxylation is 1. The summed E-state index contributed by atoms with van der Waals surface area (Å²) in [5.74, 6) is -2.38. The maximum Gasteiger partial charge on any atom is 0.301 e. The number of carbonyl (C=O) groups is 2.